The lowest BCUT2D eigenvalue weighted by molar-refractivity contribution is -0.117. The van der Waals surface area contributed by atoms with Crippen LogP contribution in [0, 0.1) is 6.92 Å². The van der Waals surface area contributed by atoms with Crippen molar-refractivity contribution in [1.82, 2.24) is 10.3 Å². The maximum atomic E-state index is 12.1. The van der Waals surface area contributed by atoms with E-state index < -0.39 is 0 Å². The minimum Gasteiger partial charge on any atom is -0.465 e. The van der Waals surface area contributed by atoms with Gasteiger partial charge in [0, 0.05) is 34.0 Å². The molecular formula is C20H18BrN3O3S. The van der Waals surface area contributed by atoms with Crippen LogP contribution in [0.2, 0.25) is 0 Å². The first-order chi connectivity index (χ1) is 13.5. The van der Waals surface area contributed by atoms with Gasteiger partial charge in [-0.25, -0.2) is 4.98 Å². The molecule has 1 aromatic carbocycles. The molecule has 2 aromatic heterocycles. The SMILES string of the molecule is Cc1sc(NC(=O)CCNC(=O)/C=C/c2ccco2)nc1-c1ccc(Br)cc1. The predicted octanol–water partition coefficient (Wildman–Crippen LogP) is 4.63. The van der Waals surface area contributed by atoms with E-state index in [4.69, 9.17) is 4.42 Å². The molecule has 3 rings (SSSR count). The molecule has 0 aliphatic rings. The van der Waals surface area contributed by atoms with E-state index in [1.54, 1.807) is 18.2 Å². The molecule has 0 saturated carbocycles. The van der Waals surface area contributed by atoms with Crippen molar-refractivity contribution in [3.8, 4) is 11.3 Å². The fourth-order valence-electron chi connectivity index (χ4n) is 2.41. The quantitative estimate of drug-likeness (QED) is 0.504. The van der Waals surface area contributed by atoms with Gasteiger partial charge in [0.25, 0.3) is 0 Å². The largest absolute Gasteiger partial charge is 0.465 e. The van der Waals surface area contributed by atoms with Crippen LogP contribution in [-0.2, 0) is 9.59 Å². The highest BCUT2D eigenvalue weighted by Crippen LogP contribution is 2.31. The van der Waals surface area contributed by atoms with E-state index in [-0.39, 0.29) is 24.8 Å². The number of nitrogens with zero attached hydrogens (tertiary/aromatic N) is 1. The number of rotatable bonds is 7. The summed E-state index contributed by atoms with van der Waals surface area (Å²) in [7, 11) is 0. The summed E-state index contributed by atoms with van der Waals surface area (Å²) in [6.07, 6.45) is 4.62. The third kappa shape index (κ3) is 5.64. The number of hydrogen-bond acceptors (Lipinski definition) is 5. The number of aryl methyl sites for hydroxylation is 1. The Morgan fingerprint density at radius 1 is 1.25 bits per heavy atom. The fraction of sp³-hybridized carbons (Fsp3) is 0.150. The third-order valence-electron chi connectivity index (χ3n) is 3.75. The zero-order chi connectivity index (χ0) is 19.9. The zero-order valence-electron chi connectivity index (χ0n) is 15.1. The lowest BCUT2D eigenvalue weighted by atomic mass is 10.1. The smallest absolute Gasteiger partial charge is 0.244 e. The number of thiazole rings is 1. The van der Waals surface area contributed by atoms with Gasteiger partial charge in [-0.05, 0) is 37.3 Å². The summed E-state index contributed by atoms with van der Waals surface area (Å²) in [5, 5.41) is 5.99. The standard InChI is InChI=1S/C20H18BrN3O3S/c1-13-19(14-4-6-15(21)7-5-14)24-20(28-13)23-18(26)10-11-22-17(25)9-8-16-3-2-12-27-16/h2-9,12H,10-11H2,1H3,(H,22,25)(H,23,24,26)/b9-8+. The number of furan rings is 1. The van der Waals surface area contributed by atoms with Crippen molar-refractivity contribution in [2.24, 2.45) is 0 Å². The van der Waals surface area contributed by atoms with E-state index in [0.717, 1.165) is 20.6 Å². The first-order valence-corrected chi connectivity index (χ1v) is 10.1. The molecule has 0 unspecified atom stereocenters. The Morgan fingerprint density at radius 2 is 2.04 bits per heavy atom. The number of aromatic nitrogens is 1. The van der Waals surface area contributed by atoms with Crippen molar-refractivity contribution in [1.29, 1.82) is 0 Å². The first kappa shape index (κ1) is 20.0. The molecule has 8 heteroatoms. The summed E-state index contributed by atoms with van der Waals surface area (Å²) >= 11 is 4.84. The van der Waals surface area contributed by atoms with Crippen molar-refractivity contribution >= 4 is 50.3 Å². The summed E-state index contributed by atoms with van der Waals surface area (Å²) in [6, 6.07) is 11.3. The molecule has 2 heterocycles. The van der Waals surface area contributed by atoms with Crippen LogP contribution in [0.25, 0.3) is 17.3 Å². The van der Waals surface area contributed by atoms with Gasteiger partial charge in [-0.1, -0.05) is 28.1 Å². The fourth-order valence-corrected chi connectivity index (χ4v) is 3.53. The van der Waals surface area contributed by atoms with Crippen molar-refractivity contribution in [2.75, 3.05) is 11.9 Å². The van der Waals surface area contributed by atoms with E-state index >= 15 is 0 Å². The molecule has 2 N–H and O–H groups in total. The number of nitrogens with one attached hydrogen (secondary N) is 2. The molecule has 2 amide bonds. The van der Waals surface area contributed by atoms with Crippen LogP contribution < -0.4 is 10.6 Å². The Bertz CT molecular complexity index is 979. The molecule has 144 valence electrons. The predicted molar refractivity (Wildman–Crippen MR) is 114 cm³/mol. The maximum Gasteiger partial charge on any atom is 0.244 e. The summed E-state index contributed by atoms with van der Waals surface area (Å²) < 4.78 is 6.10. The Kier molecular flexibility index (Phi) is 6.78. The normalized spacial score (nSPS) is 10.9. The number of benzene rings is 1. The molecule has 0 bridgehead atoms. The molecule has 0 aliphatic carbocycles. The summed E-state index contributed by atoms with van der Waals surface area (Å²) in [5.74, 6) is 0.104. The second kappa shape index (κ2) is 9.48. The maximum absolute atomic E-state index is 12.1. The topological polar surface area (TPSA) is 84.2 Å². The van der Waals surface area contributed by atoms with Gasteiger partial charge in [0.2, 0.25) is 11.8 Å². The van der Waals surface area contributed by atoms with Crippen LogP contribution in [0.15, 0.2) is 57.6 Å². The lowest BCUT2D eigenvalue weighted by Gasteiger charge is -2.03. The van der Waals surface area contributed by atoms with Crippen LogP contribution in [0.3, 0.4) is 0 Å². The molecule has 0 saturated heterocycles. The van der Waals surface area contributed by atoms with E-state index in [1.807, 2.05) is 31.2 Å². The Morgan fingerprint density at radius 3 is 2.75 bits per heavy atom. The molecule has 3 aromatic rings. The van der Waals surface area contributed by atoms with Crippen LogP contribution in [0.5, 0.6) is 0 Å². The molecule has 0 fully saturated rings. The summed E-state index contributed by atoms with van der Waals surface area (Å²) in [4.78, 5) is 29.4. The summed E-state index contributed by atoms with van der Waals surface area (Å²) in [6.45, 7) is 2.20. The van der Waals surface area contributed by atoms with Gasteiger partial charge >= 0.3 is 0 Å². The molecule has 0 radical (unpaired) electrons. The molecule has 6 nitrogen and oxygen atoms in total. The van der Waals surface area contributed by atoms with Crippen LogP contribution in [0.1, 0.15) is 17.1 Å². The Hall–Kier alpha value is -2.71. The van der Waals surface area contributed by atoms with Gasteiger partial charge in [0.05, 0.1) is 12.0 Å². The lowest BCUT2D eigenvalue weighted by Crippen LogP contribution is -2.26. The van der Waals surface area contributed by atoms with Gasteiger partial charge in [0.1, 0.15) is 5.76 Å². The van der Waals surface area contributed by atoms with Crippen molar-refractivity contribution in [3.63, 3.8) is 0 Å². The highest BCUT2D eigenvalue weighted by atomic mass is 79.9. The number of carbonyl (C=O) groups excluding carboxylic acids is 2. The minimum absolute atomic E-state index is 0.159. The van der Waals surface area contributed by atoms with Crippen LogP contribution >= 0.6 is 27.3 Å². The number of carbonyl (C=O) groups is 2. The van der Waals surface area contributed by atoms with Gasteiger partial charge in [-0.2, -0.15) is 0 Å². The van der Waals surface area contributed by atoms with Gasteiger partial charge in [0.15, 0.2) is 5.13 Å². The van der Waals surface area contributed by atoms with E-state index in [2.05, 4.69) is 31.5 Å². The van der Waals surface area contributed by atoms with E-state index in [1.165, 1.54) is 23.7 Å². The minimum atomic E-state index is -0.285. The van der Waals surface area contributed by atoms with Crippen LogP contribution in [0.4, 0.5) is 5.13 Å². The number of anilines is 1. The van der Waals surface area contributed by atoms with E-state index in [9.17, 15) is 9.59 Å². The summed E-state index contributed by atoms with van der Waals surface area (Å²) in [5.41, 5.74) is 1.84. The van der Waals surface area contributed by atoms with Crippen molar-refractivity contribution in [3.05, 3.63) is 63.8 Å². The number of halogens is 1. The van der Waals surface area contributed by atoms with Crippen molar-refractivity contribution < 1.29 is 14.0 Å². The van der Waals surface area contributed by atoms with Crippen molar-refractivity contribution in [2.45, 2.75) is 13.3 Å². The molecule has 28 heavy (non-hydrogen) atoms. The highest BCUT2D eigenvalue weighted by Gasteiger charge is 2.12. The Balaban J connectivity index is 1.48. The van der Waals surface area contributed by atoms with Crippen LogP contribution in [-0.4, -0.2) is 23.3 Å². The monoisotopic (exact) mass is 459 g/mol. The average Bonchev–Trinajstić information content (AvgIpc) is 3.30. The number of hydrogen-bond donors (Lipinski definition) is 2. The van der Waals surface area contributed by atoms with Gasteiger partial charge in [-0.3, -0.25) is 9.59 Å². The molecule has 0 aliphatic heterocycles. The zero-order valence-corrected chi connectivity index (χ0v) is 17.5. The average molecular weight is 460 g/mol. The van der Waals surface area contributed by atoms with E-state index in [0.29, 0.717) is 10.9 Å². The second-order valence-corrected chi connectivity index (χ2v) is 7.99. The molecule has 0 atom stereocenters. The molecular weight excluding hydrogens is 442 g/mol. The highest BCUT2D eigenvalue weighted by molar-refractivity contribution is 9.10. The third-order valence-corrected chi connectivity index (χ3v) is 5.17. The number of amides is 2. The molecule has 0 spiro atoms. The first-order valence-electron chi connectivity index (χ1n) is 8.54. The Labute approximate surface area is 174 Å². The second-order valence-electron chi connectivity index (χ2n) is 5.87. The van der Waals surface area contributed by atoms with Gasteiger partial charge in [-0.15, -0.1) is 11.3 Å². The van der Waals surface area contributed by atoms with Gasteiger partial charge < -0.3 is 15.1 Å².